The Kier molecular flexibility index (Phi) is 5.52. The summed E-state index contributed by atoms with van der Waals surface area (Å²) < 4.78 is 31.8. The molecule has 0 amide bonds. The first-order chi connectivity index (χ1) is 9.26. The Hall–Kier alpha value is -1.60. The van der Waals surface area contributed by atoms with E-state index in [9.17, 15) is 13.2 Å². The third kappa shape index (κ3) is 4.50. The average Bonchev–Trinajstić information content (AvgIpc) is 2.35. The number of ether oxygens (including phenoxy) is 1. The van der Waals surface area contributed by atoms with Crippen molar-refractivity contribution >= 4 is 16.0 Å². The standard InChI is InChI=1S/C13H19NO5S/c1-9(2)8-14-20(17,18)12-5-4-11(19-3)6-10(12)7-13(15)16/h4-6,9,14H,7-8H2,1-3H3,(H,15,16). The van der Waals surface area contributed by atoms with Crippen molar-refractivity contribution in [2.75, 3.05) is 13.7 Å². The van der Waals surface area contributed by atoms with Crippen molar-refractivity contribution < 1.29 is 23.1 Å². The number of nitrogens with one attached hydrogen (secondary N) is 1. The van der Waals surface area contributed by atoms with Gasteiger partial charge in [0.15, 0.2) is 0 Å². The van der Waals surface area contributed by atoms with E-state index in [2.05, 4.69) is 4.72 Å². The number of aliphatic carboxylic acids is 1. The molecule has 0 unspecified atom stereocenters. The second-order valence-electron chi connectivity index (χ2n) is 4.79. The molecule has 0 saturated carbocycles. The monoisotopic (exact) mass is 301 g/mol. The summed E-state index contributed by atoms with van der Waals surface area (Å²) in [6.45, 7) is 4.06. The lowest BCUT2D eigenvalue weighted by Crippen LogP contribution is -2.28. The summed E-state index contributed by atoms with van der Waals surface area (Å²) in [4.78, 5) is 10.8. The average molecular weight is 301 g/mol. The van der Waals surface area contributed by atoms with Crippen molar-refractivity contribution in [1.82, 2.24) is 4.72 Å². The maximum atomic E-state index is 12.2. The quantitative estimate of drug-likeness (QED) is 0.791. The zero-order valence-corrected chi connectivity index (χ0v) is 12.5. The van der Waals surface area contributed by atoms with Crippen molar-refractivity contribution in [1.29, 1.82) is 0 Å². The van der Waals surface area contributed by atoms with E-state index in [0.717, 1.165) is 0 Å². The largest absolute Gasteiger partial charge is 0.497 e. The van der Waals surface area contributed by atoms with Crippen molar-refractivity contribution in [3.05, 3.63) is 23.8 Å². The van der Waals surface area contributed by atoms with Crippen LogP contribution < -0.4 is 9.46 Å². The molecule has 6 nitrogen and oxygen atoms in total. The van der Waals surface area contributed by atoms with Crippen LogP contribution in [0.4, 0.5) is 0 Å². The molecule has 0 bridgehead atoms. The molecule has 1 rings (SSSR count). The Bertz CT molecular complexity index is 580. The first-order valence-corrected chi connectivity index (χ1v) is 7.63. The van der Waals surface area contributed by atoms with Crippen LogP contribution in [0.15, 0.2) is 23.1 Å². The van der Waals surface area contributed by atoms with Gasteiger partial charge in [-0.3, -0.25) is 4.79 Å². The molecule has 0 spiro atoms. The lowest BCUT2D eigenvalue weighted by Gasteiger charge is -2.13. The Balaban J connectivity index is 3.18. The van der Waals surface area contributed by atoms with Crippen LogP contribution in [0.5, 0.6) is 5.75 Å². The first-order valence-electron chi connectivity index (χ1n) is 6.14. The molecule has 0 saturated heterocycles. The topological polar surface area (TPSA) is 92.7 Å². The van der Waals surface area contributed by atoms with Gasteiger partial charge >= 0.3 is 5.97 Å². The third-order valence-corrected chi connectivity index (χ3v) is 4.10. The number of sulfonamides is 1. The highest BCUT2D eigenvalue weighted by Crippen LogP contribution is 2.22. The lowest BCUT2D eigenvalue weighted by molar-refractivity contribution is -0.136. The van der Waals surface area contributed by atoms with Gasteiger partial charge in [-0.2, -0.15) is 0 Å². The molecule has 0 aliphatic rings. The van der Waals surface area contributed by atoms with Crippen molar-refractivity contribution in [2.45, 2.75) is 25.2 Å². The van der Waals surface area contributed by atoms with Gasteiger partial charge in [0, 0.05) is 6.54 Å². The normalized spacial score (nSPS) is 11.6. The van der Waals surface area contributed by atoms with E-state index in [1.165, 1.54) is 25.3 Å². The zero-order valence-electron chi connectivity index (χ0n) is 11.7. The minimum atomic E-state index is -3.73. The fraction of sp³-hybridized carbons (Fsp3) is 0.462. The third-order valence-electron chi connectivity index (χ3n) is 2.58. The maximum absolute atomic E-state index is 12.2. The highest BCUT2D eigenvalue weighted by molar-refractivity contribution is 7.89. The van der Waals surface area contributed by atoms with E-state index >= 15 is 0 Å². The number of carbonyl (C=O) groups is 1. The number of carboxylic acids is 1. The van der Waals surface area contributed by atoms with Crippen molar-refractivity contribution in [3.63, 3.8) is 0 Å². The maximum Gasteiger partial charge on any atom is 0.307 e. The number of carboxylic acid groups (broad SMARTS) is 1. The first kappa shape index (κ1) is 16.5. The summed E-state index contributed by atoms with van der Waals surface area (Å²) in [7, 11) is -2.29. The van der Waals surface area contributed by atoms with Gasteiger partial charge in [-0.05, 0) is 29.7 Å². The molecule has 0 aliphatic carbocycles. The van der Waals surface area contributed by atoms with Crippen molar-refractivity contribution in [2.24, 2.45) is 5.92 Å². The Labute approximate surface area is 118 Å². The van der Waals surface area contributed by atoms with E-state index in [1.54, 1.807) is 0 Å². The molecule has 1 aromatic carbocycles. The predicted molar refractivity (Wildman–Crippen MR) is 74.4 cm³/mol. The Morgan fingerprint density at radius 2 is 2.05 bits per heavy atom. The molecule has 2 N–H and O–H groups in total. The second-order valence-corrected chi connectivity index (χ2v) is 6.53. The van der Waals surface area contributed by atoms with Crippen LogP contribution in [0.2, 0.25) is 0 Å². The highest BCUT2D eigenvalue weighted by Gasteiger charge is 2.20. The van der Waals surface area contributed by atoms with Crippen molar-refractivity contribution in [3.8, 4) is 5.75 Å². The smallest absolute Gasteiger partial charge is 0.307 e. The summed E-state index contributed by atoms with van der Waals surface area (Å²) in [5, 5.41) is 8.88. The van der Waals surface area contributed by atoms with Crippen LogP contribution >= 0.6 is 0 Å². The number of rotatable bonds is 7. The van der Waals surface area contributed by atoms with Gasteiger partial charge in [-0.15, -0.1) is 0 Å². The Morgan fingerprint density at radius 3 is 2.55 bits per heavy atom. The second kappa shape index (κ2) is 6.71. The van der Waals surface area contributed by atoms with Gasteiger partial charge in [0.25, 0.3) is 0 Å². The molecule has 0 aliphatic heterocycles. The number of hydrogen-bond acceptors (Lipinski definition) is 4. The zero-order chi connectivity index (χ0) is 15.3. The Morgan fingerprint density at radius 1 is 1.40 bits per heavy atom. The molecule has 112 valence electrons. The van der Waals surface area contributed by atoms with Gasteiger partial charge in [0.1, 0.15) is 5.75 Å². The minimum absolute atomic E-state index is 0.0265. The number of hydrogen-bond donors (Lipinski definition) is 2. The highest BCUT2D eigenvalue weighted by atomic mass is 32.2. The van der Waals surface area contributed by atoms with Gasteiger partial charge < -0.3 is 9.84 Å². The van der Waals surface area contributed by atoms with Gasteiger partial charge in [-0.25, -0.2) is 13.1 Å². The molecule has 1 aromatic rings. The summed E-state index contributed by atoms with van der Waals surface area (Å²) in [6, 6.07) is 4.28. The van der Waals surface area contributed by atoms with Crippen LogP contribution in [0.3, 0.4) is 0 Å². The van der Waals surface area contributed by atoms with Crippen LogP contribution in [-0.4, -0.2) is 33.1 Å². The van der Waals surface area contributed by atoms with Crippen LogP contribution in [0.1, 0.15) is 19.4 Å². The summed E-state index contributed by atoms with van der Waals surface area (Å²) in [5.41, 5.74) is 0.202. The lowest BCUT2D eigenvalue weighted by atomic mass is 10.1. The van der Waals surface area contributed by atoms with E-state index in [0.29, 0.717) is 12.3 Å². The number of methoxy groups -OCH3 is 1. The molecular weight excluding hydrogens is 282 g/mol. The number of benzene rings is 1. The molecule has 0 radical (unpaired) electrons. The van der Waals surface area contributed by atoms with Gasteiger partial charge in [-0.1, -0.05) is 13.8 Å². The fourth-order valence-corrected chi connectivity index (χ4v) is 3.03. The minimum Gasteiger partial charge on any atom is -0.497 e. The summed E-state index contributed by atoms with van der Waals surface area (Å²) in [5.74, 6) is -0.520. The van der Waals surface area contributed by atoms with Gasteiger partial charge in [0.05, 0.1) is 18.4 Å². The molecule has 0 fully saturated rings. The molecule has 0 aromatic heterocycles. The predicted octanol–water partition coefficient (Wildman–Crippen LogP) is 1.26. The molecule has 0 atom stereocenters. The van der Waals surface area contributed by atoms with E-state index < -0.39 is 16.0 Å². The van der Waals surface area contributed by atoms with Crippen LogP contribution in [0, 0.1) is 5.92 Å². The van der Waals surface area contributed by atoms with Crippen LogP contribution in [-0.2, 0) is 21.2 Å². The van der Waals surface area contributed by atoms with E-state index in [1.807, 2.05) is 13.8 Å². The van der Waals surface area contributed by atoms with Gasteiger partial charge in [0.2, 0.25) is 10.0 Å². The molecule has 0 heterocycles. The summed E-state index contributed by atoms with van der Waals surface area (Å²) >= 11 is 0. The fourth-order valence-electron chi connectivity index (χ4n) is 1.60. The van der Waals surface area contributed by atoms with E-state index in [4.69, 9.17) is 9.84 Å². The molecular formula is C13H19NO5S. The summed E-state index contributed by atoms with van der Waals surface area (Å²) in [6.07, 6.45) is -0.380. The van der Waals surface area contributed by atoms with Crippen LogP contribution in [0.25, 0.3) is 0 Å². The molecule has 7 heteroatoms. The van der Waals surface area contributed by atoms with E-state index in [-0.39, 0.29) is 22.8 Å². The SMILES string of the molecule is COc1ccc(S(=O)(=O)NCC(C)C)c(CC(=O)O)c1. The molecule has 20 heavy (non-hydrogen) atoms.